The first-order valence-electron chi connectivity index (χ1n) is 6.72. The molecular formula is C13H28N2O2. The lowest BCUT2D eigenvalue weighted by molar-refractivity contribution is -0.122. The molecule has 0 spiro atoms. The highest BCUT2D eigenvalue weighted by Crippen LogP contribution is 2.14. The largest absolute Gasteiger partial charge is 0.377 e. The van der Waals surface area contributed by atoms with Gasteiger partial charge in [0.2, 0.25) is 5.91 Å². The van der Waals surface area contributed by atoms with Crippen LogP contribution in [0.25, 0.3) is 0 Å². The van der Waals surface area contributed by atoms with E-state index >= 15 is 0 Å². The van der Waals surface area contributed by atoms with Gasteiger partial charge < -0.3 is 15.8 Å². The van der Waals surface area contributed by atoms with Gasteiger partial charge in [-0.1, -0.05) is 13.3 Å². The smallest absolute Gasteiger partial charge is 0.220 e. The van der Waals surface area contributed by atoms with E-state index < -0.39 is 0 Å². The molecular weight excluding hydrogens is 216 g/mol. The van der Waals surface area contributed by atoms with Crippen molar-refractivity contribution in [3.05, 3.63) is 0 Å². The molecule has 0 aliphatic carbocycles. The van der Waals surface area contributed by atoms with E-state index in [0.29, 0.717) is 32.0 Å². The Balaban J connectivity index is 3.64. The zero-order valence-corrected chi connectivity index (χ0v) is 11.5. The van der Waals surface area contributed by atoms with Gasteiger partial charge in [-0.25, -0.2) is 0 Å². The molecule has 3 N–H and O–H groups in total. The molecule has 4 nitrogen and oxygen atoms in total. The van der Waals surface area contributed by atoms with Crippen molar-refractivity contribution in [2.24, 2.45) is 11.7 Å². The van der Waals surface area contributed by atoms with E-state index in [1.165, 1.54) is 0 Å². The van der Waals surface area contributed by atoms with Gasteiger partial charge in [-0.05, 0) is 39.2 Å². The minimum Gasteiger partial charge on any atom is -0.377 e. The summed E-state index contributed by atoms with van der Waals surface area (Å²) in [5.41, 5.74) is 5.53. The number of carbonyl (C=O) groups excluding carboxylic acids is 1. The summed E-state index contributed by atoms with van der Waals surface area (Å²) in [4.78, 5) is 11.6. The molecule has 4 heteroatoms. The third-order valence-electron chi connectivity index (χ3n) is 2.97. The highest BCUT2D eigenvalue weighted by atomic mass is 16.5. The number of nitrogens with two attached hydrogens (primary N) is 1. The Labute approximate surface area is 105 Å². The molecule has 0 aromatic rings. The van der Waals surface area contributed by atoms with Crippen LogP contribution in [0, 0.1) is 5.92 Å². The third kappa shape index (κ3) is 9.12. The summed E-state index contributed by atoms with van der Waals surface area (Å²) >= 11 is 0. The lowest BCUT2D eigenvalue weighted by atomic mass is 9.96. The van der Waals surface area contributed by atoms with Crippen molar-refractivity contribution in [3.8, 4) is 0 Å². The number of ether oxygens (including phenoxy) is 1. The molecule has 1 amide bonds. The van der Waals surface area contributed by atoms with Crippen molar-refractivity contribution in [1.82, 2.24) is 5.32 Å². The first kappa shape index (κ1) is 16.4. The Morgan fingerprint density at radius 2 is 2.06 bits per heavy atom. The molecule has 2 atom stereocenters. The Kier molecular flexibility index (Phi) is 10.2. The van der Waals surface area contributed by atoms with E-state index in [-0.39, 0.29) is 12.0 Å². The average Bonchev–Trinajstić information content (AvgIpc) is 2.32. The van der Waals surface area contributed by atoms with Crippen molar-refractivity contribution in [1.29, 1.82) is 0 Å². The number of rotatable bonds is 10. The van der Waals surface area contributed by atoms with Crippen molar-refractivity contribution in [3.63, 3.8) is 0 Å². The van der Waals surface area contributed by atoms with E-state index in [0.717, 1.165) is 19.3 Å². The second-order valence-electron chi connectivity index (χ2n) is 4.46. The van der Waals surface area contributed by atoms with Crippen LogP contribution in [0.4, 0.5) is 0 Å². The summed E-state index contributed by atoms with van der Waals surface area (Å²) in [6.07, 6.45) is 3.73. The van der Waals surface area contributed by atoms with Crippen molar-refractivity contribution in [2.75, 3.05) is 19.7 Å². The van der Waals surface area contributed by atoms with Gasteiger partial charge in [-0.15, -0.1) is 0 Å². The van der Waals surface area contributed by atoms with E-state index in [9.17, 15) is 4.79 Å². The van der Waals surface area contributed by atoms with Gasteiger partial charge in [0.1, 0.15) is 0 Å². The molecule has 102 valence electrons. The first-order valence-corrected chi connectivity index (χ1v) is 6.72. The van der Waals surface area contributed by atoms with Gasteiger partial charge in [0, 0.05) is 19.6 Å². The maximum absolute atomic E-state index is 11.6. The van der Waals surface area contributed by atoms with Gasteiger partial charge in [-0.2, -0.15) is 0 Å². The number of hydrogen-bond acceptors (Lipinski definition) is 3. The molecule has 0 bridgehead atoms. The summed E-state index contributed by atoms with van der Waals surface area (Å²) in [6, 6.07) is 0. The molecule has 0 saturated carbocycles. The molecule has 0 fully saturated rings. The van der Waals surface area contributed by atoms with Gasteiger partial charge in [0.25, 0.3) is 0 Å². The standard InChI is InChI=1S/C13H28N2O2/c1-4-12(8-9-14)6-7-13(16)15-10-11(3)17-5-2/h11-12H,4-10,14H2,1-3H3,(H,15,16). The molecule has 0 aliphatic heterocycles. The minimum absolute atomic E-state index is 0.0926. The number of amides is 1. The fraction of sp³-hybridized carbons (Fsp3) is 0.923. The van der Waals surface area contributed by atoms with Crippen LogP contribution in [0.1, 0.15) is 46.5 Å². The average molecular weight is 244 g/mol. The van der Waals surface area contributed by atoms with Gasteiger partial charge in [0.05, 0.1) is 6.10 Å². The Morgan fingerprint density at radius 1 is 1.35 bits per heavy atom. The van der Waals surface area contributed by atoms with Crippen LogP contribution < -0.4 is 11.1 Å². The van der Waals surface area contributed by atoms with Gasteiger partial charge in [0.15, 0.2) is 0 Å². The molecule has 2 unspecified atom stereocenters. The van der Waals surface area contributed by atoms with Crippen molar-refractivity contribution >= 4 is 5.91 Å². The van der Waals surface area contributed by atoms with Crippen LogP contribution in [0.15, 0.2) is 0 Å². The number of hydrogen-bond donors (Lipinski definition) is 2. The summed E-state index contributed by atoms with van der Waals surface area (Å²) in [5, 5.41) is 2.89. The fourth-order valence-corrected chi connectivity index (χ4v) is 1.81. The molecule has 0 aromatic carbocycles. The van der Waals surface area contributed by atoms with Gasteiger partial charge in [-0.3, -0.25) is 4.79 Å². The van der Waals surface area contributed by atoms with Crippen LogP contribution >= 0.6 is 0 Å². The number of nitrogens with one attached hydrogen (secondary N) is 1. The minimum atomic E-state index is 0.0926. The lowest BCUT2D eigenvalue weighted by Gasteiger charge is -2.15. The molecule has 0 radical (unpaired) electrons. The van der Waals surface area contributed by atoms with E-state index in [2.05, 4.69) is 12.2 Å². The molecule has 0 rings (SSSR count). The number of carbonyl (C=O) groups is 1. The van der Waals surface area contributed by atoms with E-state index in [4.69, 9.17) is 10.5 Å². The highest BCUT2D eigenvalue weighted by Gasteiger charge is 2.09. The summed E-state index contributed by atoms with van der Waals surface area (Å²) in [7, 11) is 0. The molecule has 0 heterocycles. The quantitative estimate of drug-likeness (QED) is 0.614. The Morgan fingerprint density at radius 3 is 2.59 bits per heavy atom. The first-order chi connectivity index (χ1) is 8.13. The maximum atomic E-state index is 11.6. The van der Waals surface area contributed by atoms with Gasteiger partial charge >= 0.3 is 0 Å². The topological polar surface area (TPSA) is 64.3 Å². The van der Waals surface area contributed by atoms with Crippen molar-refractivity contribution in [2.45, 2.75) is 52.6 Å². The third-order valence-corrected chi connectivity index (χ3v) is 2.97. The van der Waals surface area contributed by atoms with Crippen LogP contribution in [0.2, 0.25) is 0 Å². The highest BCUT2D eigenvalue weighted by molar-refractivity contribution is 5.75. The Hall–Kier alpha value is -0.610. The SMILES string of the molecule is CCOC(C)CNC(=O)CCC(CC)CCN. The maximum Gasteiger partial charge on any atom is 0.220 e. The summed E-state index contributed by atoms with van der Waals surface area (Å²) < 4.78 is 5.35. The van der Waals surface area contributed by atoms with Crippen LogP contribution in [0.3, 0.4) is 0 Å². The second kappa shape index (κ2) is 10.5. The van der Waals surface area contributed by atoms with E-state index in [1.807, 2.05) is 13.8 Å². The van der Waals surface area contributed by atoms with Crippen molar-refractivity contribution < 1.29 is 9.53 Å². The molecule has 0 saturated heterocycles. The summed E-state index contributed by atoms with van der Waals surface area (Å²) in [6.45, 7) is 8.06. The predicted molar refractivity (Wildman–Crippen MR) is 70.8 cm³/mol. The lowest BCUT2D eigenvalue weighted by Crippen LogP contribution is -2.32. The summed E-state index contributed by atoms with van der Waals surface area (Å²) in [5.74, 6) is 0.696. The normalized spacial score (nSPS) is 14.4. The van der Waals surface area contributed by atoms with Crippen LogP contribution in [0.5, 0.6) is 0 Å². The molecule has 0 aromatic heterocycles. The monoisotopic (exact) mass is 244 g/mol. The zero-order valence-electron chi connectivity index (χ0n) is 11.5. The zero-order chi connectivity index (χ0) is 13.1. The Bertz CT molecular complexity index is 198. The molecule has 0 aliphatic rings. The van der Waals surface area contributed by atoms with Crippen LogP contribution in [-0.4, -0.2) is 31.7 Å². The van der Waals surface area contributed by atoms with E-state index in [1.54, 1.807) is 0 Å². The second-order valence-corrected chi connectivity index (χ2v) is 4.46. The fourth-order valence-electron chi connectivity index (χ4n) is 1.81. The van der Waals surface area contributed by atoms with Crippen LogP contribution in [-0.2, 0) is 9.53 Å². The molecule has 17 heavy (non-hydrogen) atoms. The predicted octanol–water partition coefficient (Wildman–Crippen LogP) is 1.68.